The van der Waals surface area contributed by atoms with Gasteiger partial charge < -0.3 is 10.2 Å². The first kappa shape index (κ1) is 19.5. The maximum Gasteiger partial charge on any atom is 0.251 e. The molecule has 29 heavy (non-hydrogen) atoms. The van der Waals surface area contributed by atoms with Gasteiger partial charge >= 0.3 is 0 Å². The van der Waals surface area contributed by atoms with Gasteiger partial charge in [-0.05, 0) is 60.2 Å². The van der Waals surface area contributed by atoms with Crippen molar-refractivity contribution < 1.29 is 4.79 Å². The Kier molecular flexibility index (Phi) is 6.16. The van der Waals surface area contributed by atoms with Crippen LogP contribution in [-0.2, 0) is 19.4 Å². The van der Waals surface area contributed by atoms with Crippen LogP contribution in [0.1, 0.15) is 33.5 Å². The van der Waals surface area contributed by atoms with Crippen LogP contribution in [0.4, 0.5) is 5.69 Å². The van der Waals surface area contributed by atoms with Gasteiger partial charge in [0.2, 0.25) is 0 Å². The molecule has 0 spiro atoms. The summed E-state index contributed by atoms with van der Waals surface area (Å²) < 4.78 is 0. The molecule has 0 atom stereocenters. The average molecular weight is 405 g/mol. The lowest BCUT2D eigenvalue weighted by molar-refractivity contribution is 0.0953. The highest BCUT2D eigenvalue weighted by Gasteiger charge is 2.18. The molecule has 0 unspecified atom stereocenters. The quantitative estimate of drug-likeness (QED) is 0.544. The smallest absolute Gasteiger partial charge is 0.251 e. The summed E-state index contributed by atoms with van der Waals surface area (Å²) in [5, 5.41) is 3.79. The maximum absolute atomic E-state index is 12.4. The van der Waals surface area contributed by atoms with Crippen molar-refractivity contribution in [2.24, 2.45) is 0 Å². The summed E-state index contributed by atoms with van der Waals surface area (Å²) in [6.07, 6.45) is 2.82. The van der Waals surface area contributed by atoms with E-state index in [1.165, 1.54) is 16.8 Å². The molecule has 0 saturated heterocycles. The van der Waals surface area contributed by atoms with Crippen molar-refractivity contribution in [2.75, 3.05) is 18.0 Å². The third kappa shape index (κ3) is 4.80. The molecule has 0 aromatic heterocycles. The van der Waals surface area contributed by atoms with Crippen LogP contribution in [0.2, 0.25) is 5.02 Å². The Morgan fingerprint density at radius 3 is 2.55 bits per heavy atom. The zero-order valence-electron chi connectivity index (χ0n) is 16.4. The van der Waals surface area contributed by atoms with E-state index in [9.17, 15) is 4.79 Å². The monoisotopic (exact) mass is 404 g/mol. The molecule has 4 heteroatoms. The van der Waals surface area contributed by atoms with Crippen molar-refractivity contribution in [1.29, 1.82) is 0 Å². The minimum Gasteiger partial charge on any atom is -0.367 e. The Morgan fingerprint density at radius 1 is 0.966 bits per heavy atom. The van der Waals surface area contributed by atoms with Gasteiger partial charge in [-0.1, -0.05) is 60.1 Å². The van der Waals surface area contributed by atoms with Crippen LogP contribution in [-0.4, -0.2) is 19.0 Å². The molecule has 0 radical (unpaired) electrons. The summed E-state index contributed by atoms with van der Waals surface area (Å²) in [6, 6.07) is 24.4. The lowest BCUT2D eigenvalue weighted by atomic mass is 10.1. The van der Waals surface area contributed by atoms with Crippen LogP contribution in [0.15, 0.2) is 72.8 Å². The van der Waals surface area contributed by atoms with Crippen molar-refractivity contribution in [3.8, 4) is 0 Å². The fourth-order valence-electron chi connectivity index (χ4n) is 3.84. The number of benzene rings is 3. The average Bonchev–Trinajstić information content (AvgIpc) is 3.16. The first-order valence-electron chi connectivity index (χ1n) is 10.1. The zero-order valence-corrected chi connectivity index (χ0v) is 17.2. The molecule has 1 aliphatic heterocycles. The standard InChI is InChI=1S/C25H25ClN2O/c26-23-9-3-1-6-20(23)8-5-16-27-25(29)22-13-11-19(12-14-22)18-28-17-15-21-7-2-4-10-24(21)28/h1-4,6-7,9-14H,5,8,15-18H2,(H,27,29). The second-order valence-electron chi connectivity index (χ2n) is 7.45. The van der Waals surface area contributed by atoms with Crippen LogP contribution >= 0.6 is 11.6 Å². The van der Waals surface area contributed by atoms with Crippen molar-refractivity contribution >= 4 is 23.2 Å². The fourth-order valence-corrected chi connectivity index (χ4v) is 4.07. The van der Waals surface area contributed by atoms with Crippen LogP contribution in [0.5, 0.6) is 0 Å². The number of rotatable bonds is 7. The van der Waals surface area contributed by atoms with E-state index in [0.717, 1.165) is 42.9 Å². The van der Waals surface area contributed by atoms with E-state index in [2.05, 4.69) is 46.6 Å². The van der Waals surface area contributed by atoms with Gasteiger partial charge in [-0.25, -0.2) is 0 Å². The third-order valence-corrected chi connectivity index (χ3v) is 5.81. The SMILES string of the molecule is O=C(NCCCc1ccccc1Cl)c1ccc(CN2CCc3ccccc32)cc1. The van der Waals surface area contributed by atoms with Gasteiger partial charge in [-0.2, -0.15) is 0 Å². The predicted octanol–water partition coefficient (Wildman–Crippen LogP) is 5.27. The van der Waals surface area contributed by atoms with E-state index in [1.54, 1.807) is 0 Å². The molecule has 3 aromatic rings. The molecule has 3 aromatic carbocycles. The number of nitrogens with one attached hydrogen (secondary N) is 1. The number of hydrogen-bond donors (Lipinski definition) is 1. The highest BCUT2D eigenvalue weighted by atomic mass is 35.5. The highest BCUT2D eigenvalue weighted by molar-refractivity contribution is 6.31. The minimum atomic E-state index is -0.0257. The number of para-hydroxylation sites is 1. The Balaban J connectivity index is 1.27. The van der Waals surface area contributed by atoms with E-state index in [1.807, 2.05) is 36.4 Å². The Labute approximate surface area is 177 Å². The van der Waals surface area contributed by atoms with Gasteiger partial charge in [0.05, 0.1) is 0 Å². The van der Waals surface area contributed by atoms with Crippen molar-refractivity contribution in [3.63, 3.8) is 0 Å². The topological polar surface area (TPSA) is 32.3 Å². The van der Waals surface area contributed by atoms with Gasteiger partial charge in [0, 0.05) is 35.9 Å². The summed E-state index contributed by atoms with van der Waals surface area (Å²) in [5.74, 6) is -0.0257. The van der Waals surface area contributed by atoms with Crippen molar-refractivity contribution in [2.45, 2.75) is 25.8 Å². The molecule has 1 heterocycles. The number of carbonyl (C=O) groups excluding carboxylic acids is 1. The second-order valence-corrected chi connectivity index (χ2v) is 7.86. The van der Waals surface area contributed by atoms with Gasteiger partial charge in [0.1, 0.15) is 0 Å². The van der Waals surface area contributed by atoms with E-state index in [4.69, 9.17) is 11.6 Å². The van der Waals surface area contributed by atoms with Gasteiger partial charge in [0.15, 0.2) is 0 Å². The van der Waals surface area contributed by atoms with Crippen LogP contribution in [0, 0.1) is 0 Å². The number of fused-ring (bicyclic) bond motifs is 1. The maximum atomic E-state index is 12.4. The number of anilines is 1. The molecular formula is C25H25ClN2O. The zero-order chi connectivity index (χ0) is 20.1. The first-order valence-corrected chi connectivity index (χ1v) is 10.5. The molecule has 0 bridgehead atoms. The Hall–Kier alpha value is -2.78. The normalized spacial score (nSPS) is 12.7. The Bertz CT molecular complexity index is 984. The summed E-state index contributed by atoms with van der Waals surface area (Å²) in [6.45, 7) is 2.56. The Morgan fingerprint density at radius 2 is 1.72 bits per heavy atom. The molecule has 0 aliphatic carbocycles. The molecule has 1 aliphatic rings. The van der Waals surface area contributed by atoms with E-state index < -0.39 is 0 Å². The molecule has 3 nitrogen and oxygen atoms in total. The van der Waals surface area contributed by atoms with Crippen molar-refractivity contribution in [1.82, 2.24) is 5.32 Å². The number of aryl methyl sites for hydroxylation is 1. The third-order valence-electron chi connectivity index (χ3n) is 5.44. The molecule has 0 saturated carbocycles. The largest absolute Gasteiger partial charge is 0.367 e. The van der Waals surface area contributed by atoms with E-state index in [0.29, 0.717) is 12.1 Å². The van der Waals surface area contributed by atoms with Crippen LogP contribution in [0.3, 0.4) is 0 Å². The minimum absolute atomic E-state index is 0.0257. The molecule has 148 valence electrons. The highest BCUT2D eigenvalue weighted by Crippen LogP contribution is 2.28. The summed E-state index contributed by atoms with van der Waals surface area (Å²) in [5.41, 5.74) is 5.79. The molecule has 1 amide bonds. The lowest BCUT2D eigenvalue weighted by Gasteiger charge is -2.19. The number of carbonyl (C=O) groups is 1. The fraction of sp³-hybridized carbons (Fsp3) is 0.240. The number of amides is 1. The number of nitrogens with zero attached hydrogens (tertiary/aromatic N) is 1. The number of halogens is 1. The van der Waals surface area contributed by atoms with Crippen molar-refractivity contribution in [3.05, 3.63) is 100 Å². The van der Waals surface area contributed by atoms with Gasteiger partial charge in [0.25, 0.3) is 5.91 Å². The molecule has 1 N–H and O–H groups in total. The van der Waals surface area contributed by atoms with E-state index in [-0.39, 0.29) is 5.91 Å². The summed E-state index contributed by atoms with van der Waals surface area (Å²) in [7, 11) is 0. The summed E-state index contributed by atoms with van der Waals surface area (Å²) >= 11 is 6.17. The predicted molar refractivity (Wildman–Crippen MR) is 120 cm³/mol. The molecule has 4 rings (SSSR count). The van der Waals surface area contributed by atoms with E-state index >= 15 is 0 Å². The van der Waals surface area contributed by atoms with Gasteiger partial charge in [-0.3, -0.25) is 4.79 Å². The van der Waals surface area contributed by atoms with Crippen LogP contribution < -0.4 is 10.2 Å². The summed E-state index contributed by atoms with van der Waals surface area (Å²) in [4.78, 5) is 14.8. The second kappa shape index (κ2) is 9.15. The van der Waals surface area contributed by atoms with Gasteiger partial charge in [-0.15, -0.1) is 0 Å². The first-order chi connectivity index (χ1) is 14.2. The molecule has 0 fully saturated rings. The molecular weight excluding hydrogens is 380 g/mol. The lowest BCUT2D eigenvalue weighted by Crippen LogP contribution is -2.25. The number of hydrogen-bond acceptors (Lipinski definition) is 2. The van der Waals surface area contributed by atoms with Crippen LogP contribution in [0.25, 0.3) is 0 Å².